The van der Waals surface area contributed by atoms with Crippen molar-refractivity contribution in [1.82, 2.24) is 9.97 Å². The van der Waals surface area contributed by atoms with Crippen molar-refractivity contribution in [3.8, 4) is 10.6 Å². The molecule has 0 fully saturated rings. The lowest BCUT2D eigenvalue weighted by Gasteiger charge is -2.21. The Balaban J connectivity index is 1.98. The van der Waals surface area contributed by atoms with Crippen molar-refractivity contribution in [2.75, 3.05) is 0 Å². The Kier molecular flexibility index (Phi) is 4.00. The summed E-state index contributed by atoms with van der Waals surface area (Å²) in [5, 5.41) is 12.4. The third kappa shape index (κ3) is 2.77. The fraction of sp³-hybridized carbons (Fsp3) is 0.176. The molecule has 2 aromatic heterocycles. The predicted molar refractivity (Wildman–Crippen MR) is 90.2 cm³/mol. The zero-order valence-electron chi connectivity index (χ0n) is 12.2. The van der Waals surface area contributed by atoms with Crippen molar-refractivity contribution in [3.05, 3.63) is 69.9 Å². The van der Waals surface area contributed by atoms with E-state index in [0.29, 0.717) is 0 Å². The molecule has 1 aromatic carbocycles. The Morgan fingerprint density at radius 1 is 1.18 bits per heavy atom. The van der Waals surface area contributed by atoms with E-state index in [1.165, 1.54) is 11.3 Å². The van der Waals surface area contributed by atoms with Crippen LogP contribution in [0.2, 0.25) is 5.02 Å². The summed E-state index contributed by atoms with van der Waals surface area (Å²) < 4.78 is 0. The zero-order chi connectivity index (χ0) is 15.7. The maximum Gasteiger partial charge on any atom is 0.123 e. The molecule has 112 valence electrons. The van der Waals surface area contributed by atoms with Crippen LogP contribution in [-0.2, 0) is 5.60 Å². The van der Waals surface area contributed by atoms with Gasteiger partial charge in [-0.05, 0) is 49.2 Å². The molecular weight excluding hydrogens is 316 g/mol. The van der Waals surface area contributed by atoms with Crippen molar-refractivity contribution >= 4 is 22.9 Å². The van der Waals surface area contributed by atoms with Gasteiger partial charge in [-0.3, -0.25) is 4.98 Å². The van der Waals surface area contributed by atoms with Crippen LogP contribution in [0.5, 0.6) is 0 Å². The minimum absolute atomic E-state index is 0.740. The Morgan fingerprint density at radius 3 is 2.59 bits per heavy atom. The van der Waals surface area contributed by atoms with Crippen LogP contribution in [-0.4, -0.2) is 15.1 Å². The molecule has 1 atom stereocenters. The lowest BCUT2D eigenvalue weighted by atomic mass is 9.96. The summed E-state index contributed by atoms with van der Waals surface area (Å²) in [5.74, 6) is 0. The number of nitrogens with zero attached hydrogens (tertiary/aromatic N) is 2. The van der Waals surface area contributed by atoms with E-state index in [2.05, 4.69) is 9.97 Å². The van der Waals surface area contributed by atoms with Gasteiger partial charge in [0.25, 0.3) is 0 Å². The first kappa shape index (κ1) is 15.2. The second-order valence-electron chi connectivity index (χ2n) is 5.30. The second-order valence-corrected chi connectivity index (χ2v) is 6.74. The number of aryl methyl sites for hydroxylation is 1. The van der Waals surface area contributed by atoms with E-state index in [1.807, 2.05) is 37.3 Å². The quantitative estimate of drug-likeness (QED) is 0.773. The molecule has 2 heterocycles. The van der Waals surface area contributed by atoms with E-state index >= 15 is 0 Å². The van der Waals surface area contributed by atoms with Crippen LogP contribution in [0.4, 0.5) is 0 Å². The van der Waals surface area contributed by atoms with Gasteiger partial charge in [-0.2, -0.15) is 0 Å². The smallest absolute Gasteiger partial charge is 0.123 e. The Bertz CT molecular complexity index is 799. The largest absolute Gasteiger partial charge is 0.380 e. The number of aliphatic hydroxyl groups is 1. The van der Waals surface area contributed by atoms with E-state index in [9.17, 15) is 5.11 Å². The number of rotatable bonds is 3. The molecule has 0 saturated carbocycles. The average molecular weight is 331 g/mol. The topological polar surface area (TPSA) is 46.0 Å². The number of aromatic nitrogens is 2. The Morgan fingerprint density at radius 2 is 1.91 bits per heavy atom. The van der Waals surface area contributed by atoms with Gasteiger partial charge in [0.1, 0.15) is 10.6 Å². The van der Waals surface area contributed by atoms with Crippen molar-refractivity contribution in [2.24, 2.45) is 0 Å². The highest BCUT2D eigenvalue weighted by atomic mass is 35.5. The summed E-state index contributed by atoms with van der Waals surface area (Å²) in [6, 6.07) is 9.44. The second kappa shape index (κ2) is 5.80. The molecule has 3 rings (SSSR count). The summed E-state index contributed by atoms with van der Waals surface area (Å²) in [4.78, 5) is 9.23. The highest BCUT2D eigenvalue weighted by Gasteiger charge is 2.28. The molecule has 3 aromatic rings. The molecule has 22 heavy (non-hydrogen) atoms. The van der Waals surface area contributed by atoms with Gasteiger partial charge in [0.15, 0.2) is 0 Å². The van der Waals surface area contributed by atoms with Gasteiger partial charge in [-0.15, -0.1) is 11.3 Å². The lowest BCUT2D eigenvalue weighted by Crippen LogP contribution is -2.21. The fourth-order valence-electron chi connectivity index (χ4n) is 2.23. The van der Waals surface area contributed by atoms with Gasteiger partial charge in [-0.1, -0.05) is 17.7 Å². The molecule has 1 unspecified atom stereocenters. The van der Waals surface area contributed by atoms with Gasteiger partial charge in [-0.25, -0.2) is 4.98 Å². The van der Waals surface area contributed by atoms with E-state index in [0.717, 1.165) is 31.6 Å². The van der Waals surface area contributed by atoms with Crippen molar-refractivity contribution in [2.45, 2.75) is 19.4 Å². The van der Waals surface area contributed by atoms with Crippen molar-refractivity contribution in [1.29, 1.82) is 0 Å². The molecule has 0 saturated heterocycles. The van der Waals surface area contributed by atoms with Crippen LogP contribution >= 0.6 is 22.9 Å². The first-order chi connectivity index (χ1) is 10.5. The number of hydrogen-bond donors (Lipinski definition) is 1. The third-order valence-corrected chi connectivity index (χ3v) is 5.31. The van der Waals surface area contributed by atoms with Crippen molar-refractivity contribution < 1.29 is 5.11 Å². The van der Waals surface area contributed by atoms with Gasteiger partial charge in [0.05, 0.1) is 4.88 Å². The third-order valence-electron chi connectivity index (χ3n) is 3.63. The minimum Gasteiger partial charge on any atom is -0.380 e. The summed E-state index contributed by atoms with van der Waals surface area (Å²) in [7, 11) is 0. The molecule has 5 heteroatoms. The highest BCUT2D eigenvalue weighted by Crippen LogP contribution is 2.36. The number of thiazole rings is 1. The SMILES string of the molecule is Cc1cc(-c2ncc(C(C)(O)c3ccncc3)s2)ccc1Cl. The Hall–Kier alpha value is -1.75. The number of benzene rings is 1. The average Bonchev–Trinajstić information content (AvgIpc) is 3.01. The maximum atomic E-state index is 10.8. The molecule has 0 amide bonds. The van der Waals surface area contributed by atoms with Crippen LogP contribution in [0.25, 0.3) is 10.6 Å². The molecule has 0 bridgehead atoms. The molecular formula is C17H15ClN2OS. The first-order valence-corrected chi connectivity index (χ1v) is 8.03. The molecule has 0 aliphatic heterocycles. The fourth-order valence-corrected chi connectivity index (χ4v) is 3.33. The van der Waals surface area contributed by atoms with E-state index in [1.54, 1.807) is 25.5 Å². The summed E-state index contributed by atoms with van der Waals surface area (Å²) in [6.07, 6.45) is 5.08. The van der Waals surface area contributed by atoms with E-state index < -0.39 is 5.60 Å². The molecule has 3 nitrogen and oxygen atoms in total. The number of pyridine rings is 1. The summed E-state index contributed by atoms with van der Waals surface area (Å²) in [6.45, 7) is 3.74. The van der Waals surface area contributed by atoms with Crippen LogP contribution in [0.1, 0.15) is 22.9 Å². The molecule has 0 spiro atoms. The monoisotopic (exact) mass is 330 g/mol. The standard InChI is InChI=1S/C17H15ClN2OS/c1-11-9-12(3-4-14(11)18)16-20-10-15(22-16)17(2,21)13-5-7-19-8-6-13/h3-10,21H,1-2H3. The first-order valence-electron chi connectivity index (χ1n) is 6.84. The lowest BCUT2D eigenvalue weighted by molar-refractivity contribution is 0.106. The molecule has 0 aliphatic carbocycles. The van der Waals surface area contributed by atoms with Crippen LogP contribution in [0.15, 0.2) is 48.9 Å². The minimum atomic E-state index is -1.08. The zero-order valence-corrected chi connectivity index (χ0v) is 13.8. The highest BCUT2D eigenvalue weighted by molar-refractivity contribution is 7.15. The van der Waals surface area contributed by atoms with Gasteiger partial charge in [0.2, 0.25) is 0 Å². The van der Waals surface area contributed by atoms with Gasteiger partial charge < -0.3 is 5.11 Å². The maximum absolute atomic E-state index is 10.8. The number of halogens is 1. The van der Waals surface area contributed by atoms with E-state index in [-0.39, 0.29) is 0 Å². The predicted octanol–water partition coefficient (Wildman–Crippen LogP) is 4.42. The summed E-state index contributed by atoms with van der Waals surface area (Å²) >= 11 is 7.54. The summed E-state index contributed by atoms with van der Waals surface area (Å²) in [5.41, 5.74) is 1.73. The molecule has 1 N–H and O–H groups in total. The molecule has 0 aliphatic rings. The van der Waals surface area contributed by atoms with E-state index in [4.69, 9.17) is 11.6 Å². The van der Waals surface area contributed by atoms with Crippen LogP contribution < -0.4 is 0 Å². The van der Waals surface area contributed by atoms with Gasteiger partial charge in [0, 0.05) is 29.2 Å². The Labute approximate surface area is 138 Å². The van der Waals surface area contributed by atoms with Crippen LogP contribution in [0, 0.1) is 6.92 Å². The van der Waals surface area contributed by atoms with Gasteiger partial charge >= 0.3 is 0 Å². The van der Waals surface area contributed by atoms with Crippen molar-refractivity contribution in [3.63, 3.8) is 0 Å². The van der Waals surface area contributed by atoms with Crippen LogP contribution in [0.3, 0.4) is 0 Å². The normalized spacial score (nSPS) is 13.8. The molecule has 0 radical (unpaired) electrons. The number of hydrogen-bond acceptors (Lipinski definition) is 4.